The molecule has 31 heavy (non-hydrogen) atoms. The van der Waals surface area contributed by atoms with Crippen molar-refractivity contribution in [2.24, 2.45) is 5.92 Å². The molecule has 0 spiro atoms. The van der Waals surface area contributed by atoms with Gasteiger partial charge in [-0.05, 0) is 77.9 Å². The number of aliphatic hydroxyl groups excluding tert-OH is 1. The van der Waals surface area contributed by atoms with E-state index in [4.69, 9.17) is 0 Å². The van der Waals surface area contributed by atoms with Gasteiger partial charge in [0.2, 0.25) is 5.95 Å². The van der Waals surface area contributed by atoms with Gasteiger partial charge in [-0.25, -0.2) is 4.98 Å². The third kappa shape index (κ3) is 7.04. The molecule has 2 aliphatic rings. The zero-order valence-corrected chi connectivity index (χ0v) is 19.4. The first-order chi connectivity index (χ1) is 14.9. The molecule has 0 radical (unpaired) electrons. The fraction of sp³-hybridized carbons (Fsp3) is 0.783. The molecule has 1 saturated carbocycles. The maximum atomic E-state index is 13.0. The molecule has 174 valence electrons. The predicted octanol–water partition coefficient (Wildman–Crippen LogP) is 2.87. The van der Waals surface area contributed by atoms with E-state index < -0.39 is 0 Å². The number of aliphatic hydroxyl groups is 1. The van der Waals surface area contributed by atoms with Gasteiger partial charge >= 0.3 is 0 Å². The number of hydrogen-bond donors (Lipinski definition) is 4. The maximum absolute atomic E-state index is 13.0. The average Bonchev–Trinajstić information content (AvgIpc) is 2.76. The van der Waals surface area contributed by atoms with E-state index in [9.17, 15) is 9.90 Å². The van der Waals surface area contributed by atoms with Crippen LogP contribution in [0.25, 0.3) is 0 Å². The van der Waals surface area contributed by atoms with Crippen LogP contribution >= 0.6 is 0 Å². The van der Waals surface area contributed by atoms with Crippen molar-refractivity contribution in [3.8, 4) is 0 Å². The second kappa shape index (κ2) is 11.1. The van der Waals surface area contributed by atoms with Crippen LogP contribution in [0.1, 0.15) is 75.6 Å². The molecule has 1 amide bonds. The number of amides is 1. The molecule has 1 aliphatic carbocycles. The number of nitrogens with one attached hydrogen (secondary N) is 3. The average molecular weight is 433 g/mol. The van der Waals surface area contributed by atoms with Gasteiger partial charge in [0.1, 0.15) is 11.4 Å². The van der Waals surface area contributed by atoms with Crippen molar-refractivity contribution in [1.29, 1.82) is 0 Å². The van der Waals surface area contributed by atoms with E-state index in [1.165, 1.54) is 0 Å². The van der Waals surface area contributed by atoms with E-state index in [2.05, 4.69) is 51.7 Å². The second-order valence-electron chi connectivity index (χ2n) is 9.61. The molecular formula is C23H40N6O2. The van der Waals surface area contributed by atoms with Crippen molar-refractivity contribution in [3.05, 3.63) is 11.8 Å². The Labute approximate surface area is 186 Å². The highest BCUT2D eigenvalue weighted by atomic mass is 16.3. The molecule has 8 nitrogen and oxygen atoms in total. The Morgan fingerprint density at radius 2 is 1.97 bits per heavy atom. The molecule has 2 fully saturated rings. The monoisotopic (exact) mass is 432 g/mol. The summed E-state index contributed by atoms with van der Waals surface area (Å²) < 4.78 is 0. The van der Waals surface area contributed by atoms with Crippen LogP contribution in [0.2, 0.25) is 0 Å². The molecule has 2 heterocycles. The Morgan fingerprint density at radius 1 is 1.26 bits per heavy atom. The lowest BCUT2D eigenvalue weighted by Crippen LogP contribution is -2.41. The fourth-order valence-corrected chi connectivity index (χ4v) is 4.35. The number of anilines is 2. The van der Waals surface area contributed by atoms with Gasteiger partial charge in [0.05, 0.1) is 6.10 Å². The van der Waals surface area contributed by atoms with E-state index in [1.807, 2.05) is 0 Å². The third-order valence-electron chi connectivity index (χ3n) is 6.72. The molecule has 0 atom stereocenters. The summed E-state index contributed by atoms with van der Waals surface area (Å²) in [5, 5.41) is 19.8. The Balaban J connectivity index is 1.70. The number of rotatable bonds is 9. The van der Waals surface area contributed by atoms with E-state index in [-0.39, 0.29) is 17.6 Å². The summed E-state index contributed by atoms with van der Waals surface area (Å²) in [7, 11) is 2.14. The minimum Gasteiger partial charge on any atom is -0.393 e. The van der Waals surface area contributed by atoms with Crippen LogP contribution in [0.15, 0.2) is 6.20 Å². The van der Waals surface area contributed by atoms with Crippen LogP contribution in [-0.4, -0.2) is 70.8 Å². The van der Waals surface area contributed by atoms with Crippen molar-refractivity contribution in [2.45, 2.75) is 76.9 Å². The van der Waals surface area contributed by atoms with Crippen LogP contribution < -0.4 is 16.0 Å². The van der Waals surface area contributed by atoms with Crippen molar-refractivity contribution in [3.63, 3.8) is 0 Å². The topological polar surface area (TPSA) is 102 Å². The molecule has 0 aromatic carbocycles. The Hall–Kier alpha value is -1.93. The van der Waals surface area contributed by atoms with Gasteiger partial charge in [-0.2, -0.15) is 4.98 Å². The zero-order valence-electron chi connectivity index (χ0n) is 19.4. The van der Waals surface area contributed by atoms with Crippen molar-refractivity contribution in [1.82, 2.24) is 20.2 Å². The van der Waals surface area contributed by atoms with Crippen molar-refractivity contribution >= 4 is 17.7 Å². The van der Waals surface area contributed by atoms with Gasteiger partial charge in [-0.15, -0.1) is 0 Å². The summed E-state index contributed by atoms with van der Waals surface area (Å²) in [5.41, 5.74) is 0.290. The predicted molar refractivity (Wildman–Crippen MR) is 124 cm³/mol. The molecular weight excluding hydrogens is 392 g/mol. The van der Waals surface area contributed by atoms with Gasteiger partial charge in [0, 0.05) is 24.8 Å². The molecule has 0 unspecified atom stereocenters. The molecule has 1 saturated heterocycles. The van der Waals surface area contributed by atoms with Crippen LogP contribution in [-0.2, 0) is 0 Å². The molecule has 1 aliphatic heterocycles. The minimum absolute atomic E-state index is 0.124. The number of nitrogens with zero attached hydrogens (tertiary/aromatic N) is 3. The summed E-state index contributed by atoms with van der Waals surface area (Å²) in [6.45, 7) is 7.95. The van der Waals surface area contributed by atoms with E-state index in [1.54, 1.807) is 6.20 Å². The highest BCUT2D eigenvalue weighted by molar-refractivity contribution is 5.98. The standard InChI is InChI=1S/C23H40N6O2/c1-4-5-12-24-22-26-16-19(21(31)25-15-17-8-13-29(3)14-9-17)20(27-22)28-23(2)10-6-18(30)7-11-23/h16-18,30H,4-15H2,1-3H3,(H,25,31)(H2,24,26,27,28). The summed E-state index contributed by atoms with van der Waals surface area (Å²) in [5.74, 6) is 1.52. The number of carbonyl (C=O) groups is 1. The number of aromatic nitrogens is 2. The smallest absolute Gasteiger partial charge is 0.256 e. The molecule has 8 heteroatoms. The highest BCUT2D eigenvalue weighted by Crippen LogP contribution is 2.32. The summed E-state index contributed by atoms with van der Waals surface area (Å²) in [6, 6.07) is 0. The lowest BCUT2D eigenvalue weighted by atomic mass is 9.82. The quantitative estimate of drug-likeness (QED) is 0.445. The normalized spacial score (nSPS) is 25.2. The van der Waals surface area contributed by atoms with Crippen molar-refractivity contribution in [2.75, 3.05) is 43.9 Å². The molecule has 3 rings (SSSR count). The number of unbranched alkanes of at least 4 members (excludes halogenated alkanes) is 1. The number of piperidine rings is 1. The van der Waals surface area contributed by atoms with Gasteiger partial charge in [0.25, 0.3) is 5.91 Å². The Kier molecular flexibility index (Phi) is 8.49. The third-order valence-corrected chi connectivity index (χ3v) is 6.72. The van der Waals surface area contributed by atoms with Gasteiger partial charge in [-0.3, -0.25) is 4.79 Å². The second-order valence-corrected chi connectivity index (χ2v) is 9.61. The van der Waals surface area contributed by atoms with Crippen LogP contribution in [0, 0.1) is 5.92 Å². The molecule has 1 aromatic heterocycles. The minimum atomic E-state index is -0.233. The summed E-state index contributed by atoms with van der Waals surface area (Å²) in [4.78, 5) is 24.4. The summed E-state index contributed by atoms with van der Waals surface area (Å²) in [6.07, 6.45) is 8.95. The first-order valence-corrected chi connectivity index (χ1v) is 11.9. The lowest BCUT2D eigenvalue weighted by Gasteiger charge is -2.37. The van der Waals surface area contributed by atoms with E-state index >= 15 is 0 Å². The molecule has 1 aromatic rings. The first kappa shape index (κ1) is 23.7. The van der Waals surface area contributed by atoms with E-state index in [0.717, 1.165) is 71.0 Å². The number of carbonyl (C=O) groups excluding carboxylic acids is 1. The fourth-order valence-electron chi connectivity index (χ4n) is 4.35. The van der Waals surface area contributed by atoms with Crippen LogP contribution in [0.4, 0.5) is 11.8 Å². The summed E-state index contributed by atoms with van der Waals surface area (Å²) >= 11 is 0. The first-order valence-electron chi connectivity index (χ1n) is 11.9. The lowest BCUT2D eigenvalue weighted by molar-refractivity contribution is 0.0937. The Bertz CT molecular complexity index is 712. The van der Waals surface area contributed by atoms with Gasteiger partial charge in [-0.1, -0.05) is 13.3 Å². The van der Waals surface area contributed by atoms with Crippen LogP contribution in [0.5, 0.6) is 0 Å². The highest BCUT2D eigenvalue weighted by Gasteiger charge is 2.32. The number of hydrogen-bond acceptors (Lipinski definition) is 7. The van der Waals surface area contributed by atoms with E-state index in [0.29, 0.717) is 29.8 Å². The SMILES string of the molecule is CCCCNc1ncc(C(=O)NCC2CCN(C)CC2)c(NC2(C)CCC(O)CC2)n1. The maximum Gasteiger partial charge on any atom is 0.256 e. The van der Waals surface area contributed by atoms with Gasteiger partial charge < -0.3 is 26.0 Å². The molecule has 0 bridgehead atoms. The number of likely N-dealkylation sites (tertiary alicyclic amines) is 1. The van der Waals surface area contributed by atoms with Gasteiger partial charge in [0.15, 0.2) is 0 Å². The Morgan fingerprint density at radius 3 is 2.65 bits per heavy atom. The largest absolute Gasteiger partial charge is 0.393 e. The molecule has 4 N–H and O–H groups in total. The van der Waals surface area contributed by atoms with Crippen LogP contribution in [0.3, 0.4) is 0 Å². The van der Waals surface area contributed by atoms with Crippen molar-refractivity contribution < 1.29 is 9.90 Å². The zero-order chi connectivity index (χ0) is 22.3.